The fourth-order valence-electron chi connectivity index (χ4n) is 4.91. The number of fused-ring (bicyclic) bond motifs is 1. The molecular weight excluding hydrogens is 463 g/mol. The maximum atomic E-state index is 14.8. The van der Waals surface area contributed by atoms with Gasteiger partial charge >= 0.3 is 0 Å². The summed E-state index contributed by atoms with van der Waals surface area (Å²) in [6, 6.07) is 20.8. The highest BCUT2D eigenvalue weighted by Gasteiger charge is 2.27. The Kier molecular flexibility index (Phi) is 7.11. The minimum Gasteiger partial charge on any atom is -0.353 e. The van der Waals surface area contributed by atoms with Gasteiger partial charge in [-0.3, -0.25) is 9.69 Å². The Morgan fingerprint density at radius 2 is 1.80 bits per heavy atom. The van der Waals surface area contributed by atoms with Crippen LogP contribution in [-0.2, 0) is 11.3 Å². The third-order valence-corrected chi connectivity index (χ3v) is 6.95. The van der Waals surface area contributed by atoms with Crippen molar-refractivity contribution in [3.8, 4) is 0 Å². The zero-order chi connectivity index (χ0) is 24.2. The molecule has 2 aromatic carbocycles. The molecule has 1 atom stereocenters. The molecule has 0 radical (unpaired) electrons. The lowest BCUT2D eigenvalue weighted by Crippen LogP contribution is -2.44. The molecule has 0 spiro atoms. The van der Waals surface area contributed by atoms with Crippen molar-refractivity contribution < 1.29 is 9.18 Å². The molecule has 1 fully saturated rings. The van der Waals surface area contributed by atoms with Crippen molar-refractivity contribution in [1.82, 2.24) is 19.6 Å². The number of benzene rings is 2. The van der Waals surface area contributed by atoms with Crippen molar-refractivity contribution in [3.63, 3.8) is 0 Å². The Morgan fingerprint density at radius 1 is 1.06 bits per heavy atom. The molecule has 0 aliphatic carbocycles. The summed E-state index contributed by atoms with van der Waals surface area (Å²) < 4.78 is 16.7. The predicted octanol–water partition coefficient (Wildman–Crippen LogP) is 5.43. The first-order valence-corrected chi connectivity index (χ1v) is 12.4. The Balaban J connectivity index is 1.28. The predicted molar refractivity (Wildman–Crippen MR) is 136 cm³/mol. The number of nitrogens with zero attached hydrogens (tertiary/aromatic N) is 3. The van der Waals surface area contributed by atoms with Crippen LogP contribution in [0.2, 0.25) is 5.02 Å². The van der Waals surface area contributed by atoms with E-state index >= 15 is 0 Å². The highest BCUT2D eigenvalue weighted by molar-refractivity contribution is 6.30. The van der Waals surface area contributed by atoms with Crippen LogP contribution in [0.5, 0.6) is 0 Å². The minimum atomic E-state index is -0.483. The van der Waals surface area contributed by atoms with E-state index in [2.05, 4.69) is 39.5 Å². The van der Waals surface area contributed by atoms with Gasteiger partial charge in [0.15, 0.2) is 0 Å². The molecule has 0 saturated carbocycles. The van der Waals surface area contributed by atoms with Gasteiger partial charge in [-0.1, -0.05) is 60.1 Å². The molecule has 180 valence electrons. The SMILES string of the molecule is O=C(CC(c1ccccc1F)c1cnc2ccc(Cl)cn12)NC1CCN(Cc2ccccc2)CC1. The van der Waals surface area contributed by atoms with Crippen molar-refractivity contribution in [2.45, 2.75) is 37.8 Å². The first-order chi connectivity index (χ1) is 17.1. The van der Waals surface area contributed by atoms with Crippen LogP contribution in [-0.4, -0.2) is 39.3 Å². The van der Waals surface area contributed by atoms with Gasteiger partial charge < -0.3 is 9.72 Å². The third-order valence-electron chi connectivity index (χ3n) is 6.73. The van der Waals surface area contributed by atoms with Crippen LogP contribution in [0.15, 0.2) is 79.1 Å². The lowest BCUT2D eigenvalue weighted by Gasteiger charge is -2.32. The number of amides is 1. The Labute approximate surface area is 209 Å². The maximum absolute atomic E-state index is 14.8. The van der Waals surface area contributed by atoms with E-state index in [1.165, 1.54) is 11.6 Å². The number of carbonyl (C=O) groups is 1. The number of nitrogens with one attached hydrogen (secondary N) is 1. The molecule has 1 saturated heterocycles. The van der Waals surface area contributed by atoms with Gasteiger partial charge in [-0.2, -0.15) is 0 Å². The molecule has 35 heavy (non-hydrogen) atoms. The number of rotatable bonds is 7. The van der Waals surface area contributed by atoms with E-state index in [9.17, 15) is 9.18 Å². The highest BCUT2D eigenvalue weighted by atomic mass is 35.5. The van der Waals surface area contributed by atoms with Gasteiger partial charge in [0.25, 0.3) is 0 Å². The number of hydrogen-bond donors (Lipinski definition) is 1. The minimum absolute atomic E-state index is 0.0864. The number of halogens is 2. The van der Waals surface area contributed by atoms with E-state index < -0.39 is 5.92 Å². The monoisotopic (exact) mass is 490 g/mol. The van der Waals surface area contributed by atoms with Crippen LogP contribution in [0.25, 0.3) is 5.65 Å². The number of aromatic nitrogens is 2. The van der Waals surface area contributed by atoms with Gasteiger partial charge in [-0.25, -0.2) is 9.37 Å². The fraction of sp³-hybridized carbons (Fsp3) is 0.286. The molecule has 1 amide bonds. The van der Waals surface area contributed by atoms with Gasteiger partial charge in [0, 0.05) is 50.4 Å². The topological polar surface area (TPSA) is 49.6 Å². The fourth-order valence-corrected chi connectivity index (χ4v) is 5.07. The standard InChI is InChI=1S/C28H28ClFN4O/c29-21-10-11-27-31-17-26(34(27)19-21)24(23-8-4-5-9-25(23)30)16-28(35)32-22-12-14-33(15-13-22)18-20-6-2-1-3-7-20/h1-11,17,19,22,24H,12-16,18H2,(H,32,35). The van der Waals surface area contributed by atoms with Crippen LogP contribution in [0, 0.1) is 5.82 Å². The van der Waals surface area contributed by atoms with E-state index in [0.717, 1.165) is 38.2 Å². The van der Waals surface area contributed by atoms with Crippen LogP contribution >= 0.6 is 11.6 Å². The van der Waals surface area contributed by atoms with E-state index in [0.29, 0.717) is 16.2 Å². The summed E-state index contributed by atoms with van der Waals surface area (Å²) in [4.78, 5) is 20.0. The Morgan fingerprint density at radius 3 is 2.57 bits per heavy atom. The second-order valence-corrected chi connectivity index (χ2v) is 9.58. The third kappa shape index (κ3) is 5.55. The van der Waals surface area contributed by atoms with E-state index in [-0.39, 0.29) is 24.2 Å². The number of carbonyl (C=O) groups excluding carboxylic acids is 1. The number of imidazole rings is 1. The molecule has 5 nitrogen and oxygen atoms in total. The van der Waals surface area contributed by atoms with Crippen molar-refractivity contribution >= 4 is 23.2 Å². The molecule has 1 aliphatic heterocycles. The van der Waals surface area contributed by atoms with Crippen molar-refractivity contribution in [3.05, 3.63) is 107 Å². The molecule has 2 aromatic heterocycles. The van der Waals surface area contributed by atoms with Gasteiger partial charge in [0.2, 0.25) is 5.91 Å². The van der Waals surface area contributed by atoms with Crippen LogP contribution in [0.3, 0.4) is 0 Å². The van der Waals surface area contributed by atoms with Crippen molar-refractivity contribution in [1.29, 1.82) is 0 Å². The largest absolute Gasteiger partial charge is 0.353 e. The average Bonchev–Trinajstić information content (AvgIpc) is 3.28. The normalized spacial score (nSPS) is 15.8. The molecule has 7 heteroatoms. The van der Waals surface area contributed by atoms with Crippen LogP contribution in [0.4, 0.5) is 4.39 Å². The maximum Gasteiger partial charge on any atom is 0.221 e. The molecule has 1 N–H and O–H groups in total. The van der Waals surface area contributed by atoms with E-state index in [1.54, 1.807) is 36.7 Å². The second-order valence-electron chi connectivity index (χ2n) is 9.14. The first-order valence-electron chi connectivity index (χ1n) is 12.0. The summed E-state index contributed by atoms with van der Waals surface area (Å²) in [5, 5.41) is 3.75. The zero-order valence-corrected chi connectivity index (χ0v) is 20.2. The summed E-state index contributed by atoms with van der Waals surface area (Å²) >= 11 is 6.22. The van der Waals surface area contributed by atoms with Crippen molar-refractivity contribution in [2.75, 3.05) is 13.1 Å². The van der Waals surface area contributed by atoms with Crippen molar-refractivity contribution in [2.24, 2.45) is 0 Å². The van der Waals surface area contributed by atoms with Gasteiger partial charge in [-0.05, 0) is 42.2 Å². The summed E-state index contributed by atoms with van der Waals surface area (Å²) in [7, 11) is 0. The van der Waals surface area contributed by atoms with Gasteiger partial charge in [-0.15, -0.1) is 0 Å². The number of pyridine rings is 1. The van der Waals surface area contributed by atoms with Crippen LogP contribution in [0.1, 0.15) is 42.0 Å². The average molecular weight is 491 g/mol. The molecule has 1 aliphatic rings. The first kappa shape index (κ1) is 23.5. The summed E-state index contributed by atoms with van der Waals surface area (Å²) in [6.45, 7) is 2.79. The molecule has 3 heterocycles. The summed E-state index contributed by atoms with van der Waals surface area (Å²) in [5.41, 5.74) is 3.22. The zero-order valence-electron chi connectivity index (χ0n) is 19.4. The summed E-state index contributed by atoms with van der Waals surface area (Å²) in [5.74, 6) is -0.906. The number of hydrogen-bond acceptors (Lipinski definition) is 3. The second kappa shape index (κ2) is 10.6. The number of likely N-dealkylation sites (tertiary alicyclic amines) is 1. The Bertz CT molecular complexity index is 1300. The van der Waals surface area contributed by atoms with Gasteiger partial charge in [0.05, 0.1) is 10.7 Å². The van der Waals surface area contributed by atoms with Crippen LogP contribution < -0.4 is 5.32 Å². The summed E-state index contributed by atoms with van der Waals surface area (Å²) in [6.07, 6.45) is 5.39. The molecule has 5 rings (SSSR count). The quantitative estimate of drug-likeness (QED) is 0.376. The lowest BCUT2D eigenvalue weighted by molar-refractivity contribution is -0.122. The van der Waals surface area contributed by atoms with E-state index in [1.807, 2.05) is 16.5 Å². The number of piperidine rings is 1. The molecule has 0 bridgehead atoms. The molecule has 1 unspecified atom stereocenters. The molecular formula is C28H28ClFN4O. The highest BCUT2D eigenvalue weighted by Crippen LogP contribution is 2.31. The lowest BCUT2D eigenvalue weighted by atomic mass is 9.91. The van der Waals surface area contributed by atoms with E-state index in [4.69, 9.17) is 11.6 Å². The van der Waals surface area contributed by atoms with Gasteiger partial charge in [0.1, 0.15) is 11.5 Å². The smallest absolute Gasteiger partial charge is 0.221 e. The Hall–Kier alpha value is -3.22. The molecule has 4 aromatic rings.